The van der Waals surface area contributed by atoms with E-state index in [2.05, 4.69) is 15.5 Å². The quantitative estimate of drug-likeness (QED) is 0.532. The molecule has 0 radical (unpaired) electrons. The topological polar surface area (TPSA) is 68.5 Å². The number of rotatable bonds is 3. The SMILES string of the molecule is Cn1c(N/N=C\c2ccc(Cl)cc2)nc2sc3c(c2c1=O)CC(C)(C)OC3. The molecule has 0 amide bonds. The molecule has 4 rings (SSSR count). The average Bonchev–Trinajstić information content (AvgIpc) is 2.97. The van der Waals surface area contributed by atoms with Crippen LogP contribution in [0.1, 0.15) is 29.9 Å². The molecule has 0 atom stereocenters. The predicted octanol–water partition coefficient (Wildman–Crippen LogP) is 3.95. The van der Waals surface area contributed by atoms with Crippen molar-refractivity contribution in [3.8, 4) is 0 Å². The van der Waals surface area contributed by atoms with Gasteiger partial charge in [-0.25, -0.2) is 10.4 Å². The Morgan fingerprint density at radius 1 is 1.37 bits per heavy atom. The lowest BCUT2D eigenvalue weighted by Gasteiger charge is -2.29. The monoisotopic (exact) mass is 402 g/mol. The van der Waals surface area contributed by atoms with E-state index in [1.54, 1.807) is 25.4 Å². The van der Waals surface area contributed by atoms with Crippen molar-refractivity contribution in [2.24, 2.45) is 12.1 Å². The number of fused-ring (bicyclic) bond motifs is 3. The highest BCUT2D eigenvalue weighted by Gasteiger charge is 2.31. The second-order valence-electron chi connectivity index (χ2n) is 7.13. The van der Waals surface area contributed by atoms with Gasteiger partial charge >= 0.3 is 0 Å². The first-order valence-electron chi connectivity index (χ1n) is 8.54. The fourth-order valence-electron chi connectivity index (χ4n) is 3.09. The molecule has 0 fully saturated rings. The van der Waals surface area contributed by atoms with E-state index in [-0.39, 0.29) is 11.2 Å². The van der Waals surface area contributed by atoms with Crippen molar-refractivity contribution in [2.75, 3.05) is 5.43 Å². The van der Waals surface area contributed by atoms with Gasteiger partial charge in [0.2, 0.25) is 5.95 Å². The molecule has 0 saturated heterocycles. The van der Waals surface area contributed by atoms with Crippen LogP contribution in [-0.4, -0.2) is 21.4 Å². The van der Waals surface area contributed by atoms with E-state index < -0.39 is 0 Å². The number of nitrogens with one attached hydrogen (secondary N) is 1. The standard InChI is InChI=1S/C19H19ClN4O2S/c1-19(2)8-13-14(10-26-19)27-16-15(13)17(25)24(3)18(22-16)23-21-9-11-4-6-12(20)7-5-11/h4-7,9H,8,10H2,1-3H3,(H,22,23)/b21-9-. The fraction of sp³-hybridized carbons (Fsp3) is 0.316. The van der Waals surface area contributed by atoms with Gasteiger partial charge in [0.15, 0.2) is 0 Å². The van der Waals surface area contributed by atoms with Gasteiger partial charge in [-0.1, -0.05) is 23.7 Å². The molecule has 0 spiro atoms. The van der Waals surface area contributed by atoms with E-state index in [4.69, 9.17) is 16.3 Å². The van der Waals surface area contributed by atoms with Crippen LogP contribution in [0.25, 0.3) is 10.2 Å². The summed E-state index contributed by atoms with van der Waals surface area (Å²) >= 11 is 7.39. The number of ether oxygens (including phenoxy) is 1. The van der Waals surface area contributed by atoms with Crippen molar-refractivity contribution in [3.05, 3.63) is 55.6 Å². The maximum atomic E-state index is 12.9. The van der Waals surface area contributed by atoms with Crippen molar-refractivity contribution >= 4 is 45.3 Å². The van der Waals surface area contributed by atoms with E-state index in [1.165, 1.54) is 15.9 Å². The smallest absolute Gasteiger partial charge is 0.263 e. The van der Waals surface area contributed by atoms with Gasteiger partial charge in [0, 0.05) is 23.4 Å². The Bertz CT molecular complexity index is 1100. The van der Waals surface area contributed by atoms with Crippen molar-refractivity contribution in [1.29, 1.82) is 0 Å². The molecular weight excluding hydrogens is 384 g/mol. The number of hydrogen-bond acceptors (Lipinski definition) is 6. The Hall–Kier alpha value is -2.22. The number of halogens is 1. The molecule has 0 aliphatic carbocycles. The molecule has 8 heteroatoms. The van der Waals surface area contributed by atoms with Crippen LogP contribution in [-0.2, 0) is 24.8 Å². The second kappa shape index (κ2) is 6.74. The highest BCUT2D eigenvalue weighted by molar-refractivity contribution is 7.18. The van der Waals surface area contributed by atoms with Crippen LogP contribution in [0, 0.1) is 0 Å². The Morgan fingerprint density at radius 3 is 2.85 bits per heavy atom. The van der Waals surface area contributed by atoms with Gasteiger partial charge in [0.1, 0.15) is 4.83 Å². The summed E-state index contributed by atoms with van der Waals surface area (Å²) in [5.41, 5.74) is 4.49. The third-order valence-corrected chi connectivity index (χ3v) is 5.91. The number of hydrazone groups is 1. The van der Waals surface area contributed by atoms with Gasteiger partial charge in [-0.3, -0.25) is 9.36 Å². The molecule has 2 aromatic heterocycles. The number of anilines is 1. The lowest BCUT2D eigenvalue weighted by atomic mass is 9.94. The Morgan fingerprint density at radius 2 is 2.11 bits per heavy atom. The molecule has 0 bridgehead atoms. The molecule has 140 valence electrons. The summed E-state index contributed by atoms with van der Waals surface area (Å²) in [6, 6.07) is 7.31. The molecule has 3 aromatic rings. The Kier molecular flexibility index (Phi) is 4.53. The first-order valence-corrected chi connectivity index (χ1v) is 9.73. The fourth-order valence-corrected chi connectivity index (χ4v) is 4.31. The summed E-state index contributed by atoms with van der Waals surface area (Å²) in [6.07, 6.45) is 2.36. The van der Waals surface area contributed by atoms with Gasteiger partial charge in [-0.15, -0.1) is 11.3 Å². The van der Waals surface area contributed by atoms with Crippen LogP contribution in [0.4, 0.5) is 5.95 Å². The summed E-state index contributed by atoms with van der Waals surface area (Å²) < 4.78 is 7.37. The van der Waals surface area contributed by atoms with Crippen LogP contribution in [0.3, 0.4) is 0 Å². The lowest BCUT2D eigenvalue weighted by molar-refractivity contribution is -0.0379. The Balaban J connectivity index is 1.68. The molecule has 3 heterocycles. The molecule has 0 saturated carbocycles. The van der Waals surface area contributed by atoms with E-state index in [1.807, 2.05) is 26.0 Å². The summed E-state index contributed by atoms with van der Waals surface area (Å²) in [5.74, 6) is 0.400. The predicted molar refractivity (Wildman–Crippen MR) is 110 cm³/mol. The minimum atomic E-state index is -0.272. The van der Waals surface area contributed by atoms with Crippen molar-refractivity contribution in [3.63, 3.8) is 0 Å². The van der Waals surface area contributed by atoms with Crippen molar-refractivity contribution in [2.45, 2.75) is 32.5 Å². The van der Waals surface area contributed by atoms with Crippen LogP contribution in [0.2, 0.25) is 5.02 Å². The molecule has 1 N–H and O–H groups in total. The molecule has 1 aromatic carbocycles. The van der Waals surface area contributed by atoms with Crippen LogP contribution in [0.15, 0.2) is 34.2 Å². The number of benzene rings is 1. The lowest BCUT2D eigenvalue weighted by Crippen LogP contribution is -2.32. The summed E-state index contributed by atoms with van der Waals surface area (Å²) in [6.45, 7) is 4.60. The summed E-state index contributed by atoms with van der Waals surface area (Å²) in [5, 5.41) is 5.56. The van der Waals surface area contributed by atoms with Gasteiger partial charge in [0.05, 0.1) is 23.8 Å². The van der Waals surface area contributed by atoms with E-state index in [0.29, 0.717) is 34.2 Å². The average molecular weight is 403 g/mol. The van der Waals surface area contributed by atoms with E-state index in [9.17, 15) is 4.79 Å². The minimum Gasteiger partial charge on any atom is -0.370 e. The van der Waals surface area contributed by atoms with Crippen molar-refractivity contribution < 1.29 is 4.74 Å². The molecule has 27 heavy (non-hydrogen) atoms. The zero-order valence-electron chi connectivity index (χ0n) is 15.2. The summed E-state index contributed by atoms with van der Waals surface area (Å²) in [4.78, 5) is 19.4. The summed E-state index contributed by atoms with van der Waals surface area (Å²) in [7, 11) is 1.70. The van der Waals surface area contributed by atoms with E-state index >= 15 is 0 Å². The molecule has 1 aliphatic heterocycles. The zero-order valence-corrected chi connectivity index (χ0v) is 16.8. The maximum Gasteiger partial charge on any atom is 0.263 e. The molecular formula is C19H19ClN4O2S. The van der Waals surface area contributed by atoms with Gasteiger partial charge < -0.3 is 4.74 Å². The van der Waals surface area contributed by atoms with Crippen molar-refractivity contribution in [1.82, 2.24) is 9.55 Å². The number of thiophene rings is 1. The highest BCUT2D eigenvalue weighted by atomic mass is 35.5. The van der Waals surface area contributed by atoms with Gasteiger partial charge in [0.25, 0.3) is 5.56 Å². The number of nitrogens with zero attached hydrogens (tertiary/aromatic N) is 3. The van der Waals surface area contributed by atoms with Gasteiger partial charge in [-0.2, -0.15) is 5.10 Å². The minimum absolute atomic E-state index is 0.0700. The largest absolute Gasteiger partial charge is 0.370 e. The van der Waals surface area contributed by atoms with E-state index in [0.717, 1.165) is 16.0 Å². The zero-order chi connectivity index (χ0) is 19.2. The van der Waals surface area contributed by atoms with Gasteiger partial charge in [-0.05, 0) is 37.1 Å². The highest BCUT2D eigenvalue weighted by Crippen LogP contribution is 2.37. The first-order chi connectivity index (χ1) is 12.8. The first kappa shape index (κ1) is 18.2. The molecule has 0 unspecified atom stereocenters. The number of aromatic nitrogens is 2. The van der Waals surface area contributed by atoms with Crippen LogP contribution >= 0.6 is 22.9 Å². The molecule has 6 nitrogen and oxygen atoms in total. The third kappa shape index (κ3) is 3.50. The normalized spacial score (nSPS) is 16.0. The van der Waals surface area contributed by atoms with Crippen LogP contribution < -0.4 is 11.0 Å². The van der Waals surface area contributed by atoms with Crippen LogP contribution in [0.5, 0.6) is 0 Å². The maximum absolute atomic E-state index is 12.9. The third-order valence-electron chi connectivity index (χ3n) is 4.56. The Labute approximate surface area is 165 Å². The molecule has 1 aliphatic rings. The second-order valence-corrected chi connectivity index (χ2v) is 8.65. The number of hydrogen-bond donors (Lipinski definition) is 1.